The number of benzene rings is 1. The molecule has 1 aromatic rings. The first-order valence-corrected chi connectivity index (χ1v) is 4.56. The lowest BCUT2D eigenvalue weighted by Crippen LogP contribution is -2.10. The zero-order valence-corrected chi connectivity index (χ0v) is 9.49. The monoisotopic (exact) mass is 319 g/mol. The smallest absolute Gasteiger partial charge is 0.186 e. The fourth-order valence-electron chi connectivity index (χ4n) is 1.00. The number of rotatable bonds is 1. The van der Waals surface area contributed by atoms with Gasteiger partial charge in [-0.15, -0.1) is 0 Å². The van der Waals surface area contributed by atoms with Crippen LogP contribution in [0.3, 0.4) is 0 Å². The Morgan fingerprint density at radius 1 is 0.929 bits per heavy atom. The van der Waals surface area contributed by atoms with Gasteiger partial charge in [-0.25, -0.2) is 17.6 Å². The fourth-order valence-corrected chi connectivity index (χ4v) is 1.42. The number of nitrogens with zero attached hydrogens (tertiary/aromatic N) is 1. The third-order valence-corrected chi connectivity index (χ3v) is 2.25. The van der Waals surface area contributed by atoms with Crippen molar-refractivity contribution in [2.75, 3.05) is 10.2 Å². The molecule has 0 aliphatic rings. The molecular formula is C8H6F4IN. The van der Waals surface area contributed by atoms with Gasteiger partial charge in [0, 0.05) is 12.6 Å². The molecule has 0 aliphatic carbocycles. The van der Waals surface area contributed by atoms with Crippen molar-refractivity contribution in [2.24, 2.45) is 0 Å². The van der Waals surface area contributed by atoms with Gasteiger partial charge in [-0.2, -0.15) is 0 Å². The van der Waals surface area contributed by atoms with E-state index in [0.717, 1.165) is 10.0 Å². The normalized spacial score (nSPS) is 10.5. The molecule has 1 nitrogen and oxygen atoms in total. The second-order valence-corrected chi connectivity index (χ2v) is 4.15. The Hall–Kier alpha value is -0.530. The Bertz CT molecular complexity index is 349. The lowest BCUT2D eigenvalue weighted by Gasteiger charge is -2.14. The number of hydrogen-bond acceptors (Lipinski definition) is 1. The molecule has 0 fully saturated rings. The topological polar surface area (TPSA) is 3.24 Å². The van der Waals surface area contributed by atoms with Crippen LogP contribution in [0.2, 0.25) is 0 Å². The van der Waals surface area contributed by atoms with Gasteiger partial charge in [0.25, 0.3) is 0 Å². The van der Waals surface area contributed by atoms with Crippen molar-refractivity contribution in [3.63, 3.8) is 0 Å². The van der Waals surface area contributed by atoms with Gasteiger partial charge < -0.3 is 3.11 Å². The zero-order valence-electron chi connectivity index (χ0n) is 7.34. The Labute approximate surface area is 92.2 Å². The van der Waals surface area contributed by atoms with Crippen LogP contribution in [0.4, 0.5) is 23.2 Å². The highest BCUT2D eigenvalue weighted by Gasteiger charge is 2.24. The summed E-state index contributed by atoms with van der Waals surface area (Å²) in [6, 6.07) is 0. The molecule has 0 unspecified atom stereocenters. The Kier molecular flexibility index (Phi) is 3.23. The zero-order chi connectivity index (χ0) is 11.0. The molecule has 0 saturated carbocycles. The number of anilines is 1. The van der Waals surface area contributed by atoms with E-state index in [2.05, 4.69) is 0 Å². The Morgan fingerprint density at radius 3 is 1.57 bits per heavy atom. The van der Waals surface area contributed by atoms with E-state index in [1.807, 2.05) is 0 Å². The molecule has 0 bridgehead atoms. The molecule has 1 rings (SSSR count). The van der Waals surface area contributed by atoms with Crippen molar-refractivity contribution >= 4 is 28.6 Å². The minimum absolute atomic E-state index is 0.651. The molecule has 78 valence electrons. The van der Waals surface area contributed by atoms with Gasteiger partial charge in [-0.3, -0.25) is 0 Å². The summed E-state index contributed by atoms with van der Waals surface area (Å²) in [6.07, 6.45) is 0. The summed E-state index contributed by atoms with van der Waals surface area (Å²) in [5.74, 6) is -5.47. The molecule has 0 N–H and O–H groups in total. The predicted octanol–water partition coefficient (Wildman–Crippen LogP) is 3.34. The van der Waals surface area contributed by atoms with Crippen LogP contribution in [0.1, 0.15) is 5.56 Å². The SMILES string of the molecule is Cc1c(F)c(F)c(N(C)I)c(F)c1F. The van der Waals surface area contributed by atoms with E-state index in [-0.39, 0.29) is 0 Å². The lowest BCUT2D eigenvalue weighted by molar-refractivity contribution is 0.449. The predicted molar refractivity (Wildman–Crippen MR) is 53.4 cm³/mol. The van der Waals surface area contributed by atoms with E-state index in [4.69, 9.17) is 0 Å². The molecule has 6 heteroatoms. The molecular weight excluding hydrogens is 313 g/mol. The first kappa shape index (κ1) is 11.5. The maximum atomic E-state index is 13.1. The second-order valence-electron chi connectivity index (χ2n) is 2.71. The molecule has 1 aromatic carbocycles. The second kappa shape index (κ2) is 3.92. The van der Waals surface area contributed by atoms with Crippen LogP contribution < -0.4 is 3.11 Å². The van der Waals surface area contributed by atoms with Crippen LogP contribution in [0.25, 0.3) is 0 Å². The summed E-state index contributed by atoms with van der Waals surface area (Å²) in [7, 11) is 1.29. The lowest BCUT2D eigenvalue weighted by atomic mass is 10.1. The molecule has 0 saturated heterocycles. The van der Waals surface area contributed by atoms with Crippen LogP contribution >= 0.6 is 22.9 Å². The fraction of sp³-hybridized carbons (Fsp3) is 0.250. The number of halogens is 5. The van der Waals surface area contributed by atoms with Gasteiger partial charge in [0.2, 0.25) is 0 Å². The van der Waals surface area contributed by atoms with Crippen molar-refractivity contribution in [1.82, 2.24) is 0 Å². The maximum Gasteiger partial charge on any atom is 0.186 e. The molecule has 0 spiro atoms. The minimum atomic E-state index is -1.38. The van der Waals surface area contributed by atoms with E-state index in [0.29, 0.717) is 0 Å². The van der Waals surface area contributed by atoms with E-state index < -0.39 is 34.5 Å². The minimum Gasteiger partial charge on any atom is -0.313 e. The summed E-state index contributed by atoms with van der Waals surface area (Å²) >= 11 is 1.52. The summed E-state index contributed by atoms with van der Waals surface area (Å²) in [6.45, 7) is 0.980. The molecule has 0 heterocycles. The van der Waals surface area contributed by atoms with Crippen molar-refractivity contribution in [1.29, 1.82) is 0 Å². The maximum absolute atomic E-state index is 13.1. The van der Waals surface area contributed by atoms with E-state index in [9.17, 15) is 17.6 Å². The third kappa shape index (κ3) is 1.67. The van der Waals surface area contributed by atoms with Crippen molar-refractivity contribution in [3.05, 3.63) is 28.8 Å². The van der Waals surface area contributed by atoms with E-state index in [1.54, 1.807) is 0 Å². The van der Waals surface area contributed by atoms with E-state index >= 15 is 0 Å². The van der Waals surface area contributed by atoms with Crippen LogP contribution in [0.15, 0.2) is 0 Å². The average Bonchev–Trinajstić information content (AvgIpc) is 2.11. The average molecular weight is 319 g/mol. The highest BCUT2D eigenvalue weighted by Crippen LogP contribution is 2.31. The quantitative estimate of drug-likeness (QED) is 0.332. The van der Waals surface area contributed by atoms with Crippen LogP contribution in [-0.2, 0) is 0 Å². The largest absolute Gasteiger partial charge is 0.313 e. The van der Waals surface area contributed by atoms with Crippen molar-refractivity contribution < 1.29 is 17.6 Å². The van der Waals surface area contributed by atoms with Gasteiger partial charge in [0.05, 0.1) is 22.9 Å². The highest BCUT2D eigenvalue weighted by atomic mass is 127. The molecule has 0 radical (unpaired) electrons. The summed E-state index contributed by atoms with van der Waals surface area (Å²) in [4.78, 5) is 0. The van der Waals surface area contributed by atoms with Crippen molar-refractivity contribution in [2.45, 2.75) is 6.92 Å². The standard InChI is InChI=1S/C8H6F4IN/c1-3-4(9)6(11)8(14(2)13)7(12)5(3)10/h1-2H3. The van der Waals surface area contributed by atoms with Gasteiger partial charge in [0.15, 0.2) is 23.3 Å². The molecule has 0 aliphatic heterocycles. The molecule has 14 heavy (non-hydrogen) atoms. The Balaban J connectivity index is 3.60. The Morgan fingerprint density at radius 2 is 1.29 bits per heavy atom. The van der Waals surface area contributed by atoms with Crippen LogP contribution in [0, 0.1) is 30.2 Å². The van der Waals surface area contributed by atoms with Gasteiger partial charge in [-0.1, -0.05) is 0 Å². The third-order valence-electron chi connectivity index (χ3n) is 1.77. The van der Waals surface area contributed by atoms with Gasteiger partial charge in [-0.05, 0) is 6.92 Å². The first-order chi connectivity index (χ1) is 6.37. The summed E-state index contributed by atoms with van der Waals surface area (Å²) in [5.41, 5.74) is -1.37. The highest BCUT2D eigenvalue weighted by molar-refractivity contribution is 14.1. The summed E-state index contributed by atoms with van der Waals surface area (Å²) < 4.78 is 53.2. The molecule has 0 amide bonds. The summed E-state index contributed by atoms with van der Waals surface area (Å²) in [5, 5.41) is 0. The van der Waals surface area contributed by atoms with Crippen LogP contribution in [0.5, 0.6) is 0 Å². The first-order valence-electron chi connectivity index (χ1n) is 3.60. The number of hydrogen-bond donors (Lipinski definition) is 0. The van der Waals surface area contributed by atoms with Crippen molar-refractivity contribution in [3.8, 4) is 0 Å². The van der Waals surface area contributed by atoms with E-state index in [1.165, 1.54) is 29.9 Å². The van der Waals surface area contributed by atoms with Crippen LogP contribution in [-0.4, -0.2) is 7.05 Å². The van der Waals surface area contributed by atoms with Gasteiger partial charge >= 0.3 is 0 Å². The molecule has 0 atom stereocenters. The van der Waals surface area contributed by atoms with Gasteiger partial charge in [0.1, 0.15) is 5.69 Å². The molecule has 0 aromatic heterocycles.